The van der Waals surface area contributed by atoms with Crippen molar-refractivity contribution >= 4 is 0 Å². The minimum absolute atomic E-state index is 0.911. The van der Waals surface area contributed by atoms with Gasteiger partial charge in [0.2, 0.25) is 0 Å². The van der Waals surface area contributed by atoms with Gasteiger partial charge in [0.25, 0.3) is 0 Å². The highest BCUT2D eigenvalue weighted by atomic mass is 15.0. The third-order valence-electron chi connectivity index (χ3n) is 2.48. The predicted octanol–water partition coefficient (Wildman–Crippen LogP) is 1.15. The lowest BCUT2D eigenvalue weighted by Crippen LogP contribution is -2.20. The number of hydrogen-bond acceptors (Lipinski definition) is 1. The summed E-state index contributed by atoms with van der Waals surface area (Å²) >= 11 is 0. The van der Waals surface area contributed by atoms with Crippen LogP contribution in [0.5, 0.6) is 0 Å². The third-order valence-corrected chi connectivity index (χ3v) is 2.48. The largest absolute Gasteiger partial charge is 0.314 e. The second kappa shape index (κ2) is 1.73. The van der Waals surface area contributed by atoms with Crippen LogP contribution in [0.2, 0.25) is 0 Å². The molecule has 1 heterocycles. The van der Waals surface area contributed by atoms with E-state index in [1.54, 1.807) is 0 Å². The smallest absolute Gasteiger partial charge is 0.00702 e. The van der Waals surface area contributed by atoms with Gasteiger partial charge < -0.3 is 5.32 Å². The second-order valence-corrected chi connectivity index (χ2v) is 3.14. The summed E-state index contributed by atoms with van der Waals surface area (Å²) in [5.41, 5.74) is 0. The molecule has 2 fully saturated rings. The van der Waals surface area contributed by atoms with E-state index in [4.69, 9.17) is 0 Å². The first-order valence-electron chi connectivity index (χ1n) is 3.68. The van der Waals surface area contributed by atoms with E-state index in [2.05, 4.69) is 5.32 Å². The first kappa shape index (κ1) is 4.80. The Morgan fingerprint density at radius 2 is 2.25 bits per heavy atom. The average molecular weight is 111 g/mol. The molecule has 2 bridgehead atoms. The van der Waals surface area contributed by atoms with Gasteiger partial charge >= 0.3 is 0 Å². The third kappa shape index (κ3) is 0.655. The van der Waals surface area contributed by atoms with E-state index < -0.39 is 0 Å². The molecule has 1 nitrogen and oxygen atoms in total. The summed E-state index contributed by atoms with van der Waals surface area (Å²) in [6.45, 7) is 1.31. The molecule has 2 aliphatic rings. The van der Waals surface area contributed by atoms with Gasteiger partial charge in [0.15, 0.2) is 0 Å². The lowest BCUT2D eigenvalue weighted by atomic mass is 9.91. The summed E-state index contributed by atoms with van der Waals surface area (Å²) < 4.78 is 0. The first-order chi connectivity index (χ1) is 3.95. The van der Waals surface area contributed by atoms with Gasteiger partial charge in [-0.3, -0.25) is 0 Å². The summed E-state index contributed by atoms with van der Waals surface area (Å²) in [4.78, 5) is 0. The van der Waals surface area contributed by atoms with Crippen LogP contribution in [0.25, 0.3) is 0 Å². The molecule has 0 radical (unpaired) electrons. The highest BCUT2D eigenvalue weighted by Crippen LogP contribution is 2.28. The molecule has 2 rings (SSSR count). The fourth-order valence-electron chi connectivity index (χ4n) is 2.00. The maximum atomic E-state index is 3.52. The van der Waals surface area contributed by atoms with E-state index in [9.17, 15) is 0 Å². The fourth-order valence-corrected chi connectivity index (χ4v) is 2.00. The van der Waals surface area contributed by atoms with E-state index in [0.717, 1.165) is 12.0 Å². The molecular weight excluding hydrogens is 98.1 g/mol. The van der Waals surface area contributed by atoms with Crippen molar-refractivity contribution in [2.75, 3.05) is 6.54 Å². The molecule has 46 valence electrons. The average Bonchev–Trinajstić information content (AvgIpc) is 2.12. The Morgan fingerprint density at radius 3 is 3.00 bits per heavy atom. The Kier molecular flexibility index (Phi) is 1.04. The summed E-state index contributed by atoms with van der Waals surface area (Å²) in [6.07, 6.45) is 5.88. The molecule has 0 aromatic rings. The van der Waals surface area contributed by atoms with Crippen molar-refractivity contribution in [2.24, 2.45) is 5.92 Å². The lowest BCUT2D eigenvalue weighted by Gasteiger charge is -2.15. The molecule has 1 N–H and O–H groups in total. The molecule has 0 amide bonds. The maximum Gasteiger partial charge on any atom is 0.00702 e. The van der Waals surface area contributed by atoms with Gasteiger partial charge in [-0.05, 0) is 31.7 Å². The molecule has 1 unspecified atom stereocenters. The Labute approximate surface area is 50.5 Å². The van der Waals surface area contributed by atoms with Gasteiger partial charge in [-0.2, -0.15) is 0 Å². The molecule has 1 aliphatic heterocycles. The van der Waals surface area contributed by atoms with E-state index in [0.29, 0.717) is 0 Å². The van der Waals surface area contributed by atoms with E-state index in [1.807, 2.05) is 0 Å². The van der Waals surface area contributed by atoms with Crippen LogP contribution in [0.1, 0.15) is 25.7 Å². The van der Waals surface area contributed by atoms with Crippen LogP contribution in [0.4, 0.5) is 0 Å². The molecule has 1 heteroatoms. The van der Waals surface area contributed by atoms with Crippen molar-refractivity contribution in [1.82, 2.24) is 5.32 Å². The SMILES string of the molecule is C1CC2CN[C@@H](C1)C2. The van der Waals surface area contributed by atoms with Gasteiger partial charge in [0, 0.05) is 6.04 Å². The minimum atomic E-state index is 0.911. The number of rotatable bonds is 0. The Bertz CT molecular complexity index is 76.4. The zero-order valence-corrected chi connectivity index (χ0v) is 5.19. The van der Waals surface area contributed by atoms with Gasteiger partial charge in [-0.1, -0.05) is 6.42 Å². The first-order valence-corrected chi connectivity index (χ1v) is 3.68. The van der Waals surface area contributed by atoms with Crippen LogP contribution in [-0.2, 0) is 0 Å². The summed E-state index contributed by atoms with van der Waals surface area (Å²) in [5.74, 6) is 1.05. The highest BCUT2D eigenvalue weighted by Gasteiger charge is 2.27. The van der Waals surface area contributed by atoms with Gasteiger partial charge in [-0.25, -0.2) is 0 Å². The van der Waals surface area contributed by atoms with E-state index >= 15 is 0 Å². The van der Waals surface area contributed by atoms with Crippen molar-refractivity contribution in [1.29, 1.82) is 0 Å². The Morgan fingerprint density at radius 1 is 1.25 bits per heavy atom. The quantitative estimate of drug-likeness (QED) is 0.494. The maximum absolute atomic E-state index is 3.52. The number of nitrogens with one attached hydrogen (secondary N) is 1. The van der Waals surface area contributed by atoms with Crippen molar-refractivity contribution in [2.45, 2.75) is 31.7 Å². The van der Waals surface area contributed by atoms with Crippen molar-refractivity contribution < 1.29 is 0 Å². The van der Waals surface area contributed by atoms with E-state index in [1.165, 1.54) is 32.2 Å². The van der Waals surface area contributed by atoms with Crippen LogP contribution >= 0.6 is 0 Å². The van der Waals surface area contributed by atoms with E-state index in [-0.39, 0.29) is 0 Å². The number of hydrogen-bond donors (Lipinski definition) is 1. The zero-order chi connectivity index (χ0) is 5.40. The molecular formula is C7H13N. The topological polar surface area (TPSA) is 12.0 Å². The minimum Gasteiger partial charge on any atom is -0.314 e. The van der Waals surface area contributed by atoms with Crippen LogP contribution in [-0.4, -0.2) is 12.6 Å². The van der Waals surface area contributed by atoms with Crippen molar-refractivity contribution in [3.05, 3.63) is 0 Å². The molecule has 0 aromatic heterocycles. The second-order valence-electron chi connectivity index (χ2n) is 3.14. The summed E-state index contributed by atoms with van der Waals surface area (Å²) in [6, 6.07) is 0.911. The van der Waals surface area contributed by atoms with Crippen molar-refractivity contribution in [3.63, 3.8) is 0 Å². The molecule has 1 saturated heterocycles. The van der Waals surface area contributed by atoms with Crippen LogP contribution in [0.15, 0.2) is 0 Å². The highest BCUT2D eigenvalue weighted by molar-refractivity contribution is 4.85. The Balaban J connectivity index is 2.03. The van der Waals surface area contributed by atoms with Crippen LogP contribution in [0.3, 0.4) is 0 Å². The summed E-state index contributed by atoms with van der Waals surface area (Å²) in [5, 5.41) is 3.52. The zero-order valence-electron chi connectivity index (χ0n) is 5.19. The predicted molar refractivity (Wildman–Crippen MR) is 33.7 cm³/mol. The van der Waals surface area contributed by atoms with Crippen LogP contribution in [0, 0.1) is 5.92 Å². The normalized spacial score (nSPS) is 45.0. The summed E-state index contributed by atoms with van der Waals surface area (Å²) in [7, 11) is 0. The molecule has 8 heavy (non-hydrogen) atoms. The van der Waals surface area contributed by atoms with Gasteiger partial charge in [0.1, 0.15) is 0 Å². The van der Waals surface area contributed by atoms with Gasteiger partial charge in [-0.15, -0.1) is 0 Å². The lowest BCUT2D eigenvalue weighted by molar-refractivity contribution is 0.410. The molecule has 1 aliphatic carbocycles. The van der Waals surface area contributed by atoms with Gasteiger partial charge in [0.05, 0.1) is 0 Å². The fraction of sp³-hybridized carbons (Fsp3) is 1.00. The molecule has 0 spiro atoms. The standard InChI is InChI=1S/C7H13N/c1-2-6-4-7(3-1)8-5-6/h6-8H,1-5H2/t6?,7-/m0/s1. The molecule has 2 atom stereocenters. The molecule has 1 saturated carbocycles. The monoisotopic (exact) mass is 111 g/mol. The van der Waals surface area contributed by atoms with Crippen LogP contribution < -0.4 is 5.32 Å². The Hall–Kier alpha value is -0.0400. The number of fused-ring (bicyclic) bond motifs is 2. The van der Waals surface area contributed by atoms with Crippen molar-refractivity contribution in [3.8, 4) is 0 Å². The molecule has 0 aromatic carbocycles.